The van der Waals surface area contributed by atoms with Crippen molar-refractivity contribution < 1.29 is 47.6 Å². The minimum atomic E-state index is -0.602. The van der Waals surface area contributed by atoms with Crippen LogP contribution in [0.5, 0.6) is 23.0 Å². The third kappa shape index (κ3) is 10.0. The highest BCUT2D eigenvalue weighted by atomic mass is 16.7. The molecule has 0 heterocycles. The Labute approximate surface area is 313 Å². The van der Waals surface area contributed by atoms with Gasteiger partial charge in [0.05, 0.1) is 11.1 Å². The molecule has 4 aromatic rings. The molecule has 0 radical (unpaired) electrons. The third-order valence-electron chi connectivity index (χ3n) is 8.06. The molecule has 0 atom stereocenters. The van der Waals surface area contributed by atoms with Crippen LogP contribution in [0, 0.1) is 13.8 Å². The fourth-order valence-corrected chi connectivity index (χ4v) is 5.49. The van der Waals surface area contributed by atoms with Crippen molar-refractivity contribution in [2.24, 2.45) is 0 Å². The van der Waals surface area contributed by atoms with E-state index in [9.17, 15) is 19.2 Å². The van der Waals surface area contributed by atoms with Crippen LogP contribution in [0.15, 0.2) is 98.1 Å². The van der Waals surface area contributed by atoms with E-state index >= 15 is 0 Å². The van der Waals surface area contributed by atoms with E-state index < -0.39 is 29.3 Å². The number of carbonyl (C=O) groups excluding carboxylic acids is 4. The van der Waals surface area contributed by atoms with Crippen molar-refractivity contribution in [1.82, 2.24) is 0 Å². The molecule has 0 saturated carbocycles. The number of hydrogen-bond donors (Lipinski definition) is 0. The van der Waals surface area contributed by atoms with E-state index in [1.165, 1.54) is 0 Å². The maximum absolute atomic E-state index is 13.1. The van der Waals surface area contributed by atoms with Crippen molar-refractivity contribution in [3.63, 3.8) is 0 Å². The molecule has 53 heavy (non-hydrogen) atoms. The number of ether oxygens (including phenoxy) is 6. The maximum Gasteiger partial charge on any atom is 0.343 e. The van der Waals surface area contributed by atoms with Crippen LogP contribution in [-0.2, 0) is 24.5 Å². The number of aryl methyl sites for hydroxylation is 2. The van der Waals surface area contributed by atoms with Gasteiger partial charge in [-0.25, -0.2) is 19.2 Å². The number of carbonyl (C=O) groups is 4. The Morgan fingerprint density at radius 1 is 0.566 bits per heavy atom. The highest BCUT2D eigenvalue weighted by molar-refractivity contribution is 5.94. The minimum absolute atomic E-state index is 0. The topological polar surface area (TPSA) is 124 Å². The lowest BCUT2D eigenvalue weighted by Crippen LogP contribution is -2.16. The van der Waals surface area contributed by atoms with Gasteiger partial charge in [0.25, 0.3) is 0 Å². The van der Waals surface area contributed by atoms with Crippen LogP contribution in [0.1, 0.15) is 86.5 Å². The maximum atomic E-state index is 13.1. The van der Waals surface area contributed by atoms with Gasteiger partial charge in [-0.15, -0.1) is 0 Å². The zero-order chi connectivity index (χ0) is 35.3. The zero-order valence-electron chi connectivity index (χ0n) is 27.5. The van der Waals surface area contributed by atoms with E-state index in [-0.39, 0.29) is 43.3 Å². The fourth-order valence-electron chi connectivity index (χ4n) is 5.49. The van der Waals surface area contributed by atoms with Crippen LogP contribution in [-0.4, -0.2) is 37.5 Å². The van der Waals surface area contributed by atoms with Gasteiger partial charge in [-0.05, 0) is 108 Å². The second-order valence-electron chi connectivity index (χ2n) is 11.6. The average Bonchev–Trinajstić information content (AvgIpc) is 3.29. The number of benzene rings is 4. The normalized spacial score (nSPS) is 11.2. The summed E-state index contributed by atoms with van der Waals surface area (Å²) in [6.07, 6.45) is 2.08. The minimum Gasteiger partial charge on any atom is -0.457 e. The molecule has 0 bridgehead atoms. The van der Waals surface area contributed by atoms with Crippen LogP contribution >= 0.6 is 0 Å². The quantitative estimate of drug-likeness (QED) is 0.0603. The highest BCUT2D eigenvalue weighted by Gasteiger charge is 2.36. The molecule has 0 saturated heterocycles. The molecule has 0 unspecified atom stereocenters. The summed E-state index contributed by atoms with van der Waals surface area (Å²) in [5, 5.41) is 0. The monoisotopic (exact) mass is 726 g/mol. The van der Waals surface area contributed by atoms with Gasteiger partial charge in [0.15, 0.2) is 0 Å². The fraction of sp³-hybridized carbons (Fsp3) is 0.256. The number of hydrogen-bond acceptors (Lipinski definition) is 10. The Morgan fingerprint density at radius 3 is 1.26 bits per heavy atom. The van der Waals surface area contributed by atoms with Gasteiger partial charge in [0, 0.05) is 17.6 Å². The van der Waals surface area contributed by atoms with E-state index in [1.54, 1.807) is 62.4 Å². The van der Waals surface area contributed by atoms with Crippen molar-refractivity contribution in [2.45, 2.75) is 62.8 Å². The molecule has 1 aliphatic rings. The van der Waals surface area contributed by atoms with Crippen molar-refractivity contribution in [2.75, 3.05) is 13.6 Å². The van der Waals surface area contributed by atoms with Crippen LogP contribution < -0.4 is 18.9 Å². The van der Waals surface area contributed by atoms with Gasteiger partial charge in [-0.2, -0.15) is 0 Å². The van der Waals surface area contributed by atoms with Crippen molar-refractivity contribution in [1.29, 1.82) is 0 Å². The predicted octanol–water partition coefficient (Wildman–Crippen LogP) is 9.72. The Kier molecular flexibility index (Phi) is 16.0. The Morgan fingerprint density at radius 2 is 0.925 bits per heavy atom. The van der Waals surface area contributed by atoms with E-state index in [1.807, 2.05) is 24.3 Å². The molecule has 10 nitrogen and oxygen atoms in total. The van der Waals surface area contributed by atoms with Gasteiger partial charge >= 0.3 is 23.9 Å². The largest absolute Gasteiger partial charge is 0.457 e. The van der Waals surface area contributed by atoms with Crippen LogP contribution in [0.4, 0.5) is 0 Å². The Bertz CT molecular complexity index is 1850. The summed E-state index contributed by atoms with van der Waals surface area (Å²) in [5.74, 6) is -0.647. The summed E-state index contributed by atoms with van der Waals surface area (Å²) in [5.41, 5.74) is 5.35. The van der Waals surface area contributed by atoms with E-state index in [2.05, 4.69) is 27.0 Å². The van der Waals surface area contributed by atoms with Gasteiger partial charge in [0.1, 0.15) is 23.0 Å². The van der Waals surface area contributed by atoms with Crippen molar-refractivity contribution >= 4 is 23.9 Å². The summed E-state index contributed by atoms with van der Waals surface area (Å²) in [7, 11) is 0. The highest BCUT2D eigenvalue weighted by Crippen LogP contribution is 2.50. The predicted molar refractivity (Wildman–Crippen MR) is 207 cm³/mol. The molecule has 0 aliphatic heterocycles. The van der Waals surface area contributed by atoms with Crippen molar-refractivity contribution in [3.8, 4) is 34.1 Å². The van der Waals surface area contributed by atoms with Crippen LogP contribution in [0.2, 0.25) is 0 Å². The summed E-state index contributed by atoms with van der Waals surface area (Å²) in [6, 6.07) is 20.7. The molecular formula is C43H50O10. The SMILES string of the molecule is C.C.C.C.C=CC(=O)OCOc1ccc(C(=O)Oc2ccc3c(c2)C(C)(C)c2cc(OC(=O)c4ccc(OCOC(=O)C=C)cc4C)ccc2-3)c(C)c1. The lowest BCUT2D eigenvalue weighted by molar-refractivity contribution is -0.145. The lowest BCUT2D eigenvalue weighted by atomic mass is 9.82. The molecule has 0 amide bonds. The van der Waals surface area contributed by atoms with Gasteiger partial charge in [0.2, 0.25) is 13.6 Å². The zero-order valence-corrected chi connectivity index (χ0v) is 27.5. The summed E-state index contributed by atoms with van der Waals surface area (Å²) >= 11 is 0. The third-order valence-corrected chi connectivity index (χ3v) is 8.06. The van der Waals surface area contributed by atoms with E-state index in [4.69, 9.17) is 28.4 Å². The molecule has 0 aromatic heterocycles. The second-order valence-corrected chi connectivity index (χ2v) is 11.6. The van der Waals surface area contributed by atoms with Crippen LogP contribution in [0.3, 0.4) is 0 Å². The molecule has 0 N–H and O–H groups in total. The smallest absolute Gasteiger partial charge is 0.343 e. The first kappa shape index (κ1) is 44.9. The Balaban J connectivity index is 0.00000351. The number of rotatable bonds is 12. The van der Waals surface area contributed by atoms with Gasteiger partial charge < -0.3 is 28.4 Å². The van der Waals surface area contributed by atoms with Gasteiger partial charge in [-0.3, -0.25) is 0 Å². The summed E-state index contributed by atoms with van der Waals surface area (Å²) in [6.45, 7) is 13.7. The molecule has 1 aliphatic carbocycles. The van der Waals surface area contributed by atoms with E-state index in [0.29, 0.717) is 45.3 Å². The Hall–Kier alpha value is -6.16. The van der Waals surface area contributed by atoms with Crippen LogP contribution in [0.25, 0.3) is 11.1 Å². The summed E-state index contributed by atoms with van der Waals surface area (Å²) in [4.78, 5) is 48.7. The average molecular weight is 727 g/mol. The lowest BCUT2D eigenvalue weighted by Gasteiger charge is -2.22. The molecule has 0 fully saturated rings. The summed E-state index contributed by atoms with van der Waals surface area (Å²) < 4.78 is 32.0. The first-order valence-corrected chi connectivity index (χ1v) is 15.2. The standard InChI is InChI=1S/C39H34O10.4CH4/c1-7-35(40)46-21-44-25-9-13-29(23(3)17-25)37(42)48-27-11-15-31-32-16-12-28(20-34(32)39(5,6)33(31)19-27)49-38(43)30-14-10-26(18-24(30)4)45-22-47-36(41)8-2;;;;/h7-20H,1-2,21-22H2,3-6H3;4*1H4. The molecule has 0 spiro atoms. The molecule has 282 valence electrons. The van der Waals surface area contributed by atoms with Gasteiger partial charge in [-0.1, -0.05) is 68.8 Å². The van der Waals surface area contributed by atoms with Crippen molar-refractivity contribution in [3.05, 3.63) is 131 Å². The molecular weight excluding hydrogens is 676 g/mol. The second kappa shape index (κ2) is 18.9. The first-order valence-electron chi connectivity index (χ1n) is 15.2. The first-order chi connectivity index (χ1) is 23.4. The molecule has 10 heteroatoms. The number of fused-ring (bicyclic) bond motifs is 3. The van der Waals surface area contributed by atoms with E-state index in [0.717, 1.165) is 34.4 Å². The molecule has 4 aromatic carbocycles. The number of esters is 4. The molecule has 5 rings (SSSR count).